The highest BCUT2D eigenvalue weighted by Crippen LogP contribution is 2.09. The third-order valence-corrected chi connectivity index (χ3v) is 1.92. The number of rotatable bonds is 5. The summed E-state index contributed by atoms with van der Waals surface area (Å²) in [5, 5.41) is 2.65. The van der Waals surface area contributed by atoms with Crippen molar-refractivity contribution in [2.75, 3.05) is 0 Å². The van der Waals surface area contributed by atoms with Crippen molar-refractivity contribution in [3.8, 4) is 12.3 Å². The first-order valence-electron chi connectivity index (χ1n) is 5.75. The van der Waals surface area contributed by atoms with Crippen LogP contribution in [0, 0.1) is 12.3 Å². The van der Waals surface area contributed by atoms with Crippen molar-refractivity contribution in [1.82, 2.24) is 5.32 Å². The van der Waals surface area contributed by atoms with Crippen molar-refractivity contribution < 1.29 is 14.3 Å². The molecular weight excluding hydrogens is 218 g/mol. The minimum atomic E-state index is -0.516. The molecule has 0 spiro atoms. The van der Waals surface area contributed by atoms with Crippen LogP contribution >= 0.6 is 0 Å². The highest BCUT2D eigenvalue weighted by Gasteiger charge is 2.17. The van der Waals surface area contributed by atoms with Gasteiger partial charge in [0, 0.05) is 6.42 Å². The van der Waals surface area contributed by atoms with Gasteiger partial charge in [-0.3, -0.25) is 9.59 Å². The average molecular weight is 239 g/mol. The Bertz CT molecular complexity index is 310. The van der Waals surface area contributed by atoms with Gasteiger partial charge in [0.1, 0.15) is 5.60 Å². The molecule has 0 fully saturated rings. The fourth-order valence-electron chi connectivity index (χ4n) is 1.14. The van der Waals surface area contributed by atoms with Crippen molar-refractivity contribution in [1.29, 1.82) is 0 Å². The fourth-order valence-corrected chi connectivity index (χ4v) is 1.14. The molecule has 0 aliphatic heterocycles. The summed E-state index contributed by atoms with van der Waals surface area (Å²) in [5.41, 5.74) is -0.516. The molecule has 0 bridgehead atoms. The van der Waals surface area contributed by atoms with Gasteiger partial charge in [-0.15, -0.1) is 6.42 Å². The van der Waals surface area contributed by atoms with Crippen molar-refractivity contribution in [3.05, 3.63) is 0 Å². The van der Waals surface area contributed by atoms with E-state index in [0.29, 0.717) is 6.42 Å². The molecule has 4 heteroatoms. The van der Waals surface area contributed by atoms with Crippen molar-refractivity contribution >= 4 is 11.9 Å². The van der Waals surface area contributed by atoms with Crippen LogP contribution in [0.25, 0.3) is 0 Å². The van der Waals surface area contributed by atoms with E-state index in [4.69, 9.17) is 11.2 Å². The molecule has 0 rings (SSSR count). The van der Waals surface area contributed by atoms with Gasteiger partial charge in [-0.05, 0) is 27.2 Å². The SMILES string of the molecule is C#CC(CC)NC(=O)CCC(=O)OC(C)(C)C. The molecule has 4 nitrogen and oxygen atoms in total. The number of carbonyl (C=O) groups excluding carboxylic acids is 2. The molecule has 0 saturated carbocycles. The Morgan fingerprint density at radius 2 is 1.94 bits per heavy atom. The van der Waals surface area contributed by atoms with Crippen LogP contribution in [0.1, 0.15) is 47.0 Å². The predicted octanol–water partition coefficient (Wildman–Crippen LogP) is 1.64. The van der Waals surface area contributed by atoms with Crippen molar-refractivity contribution in [2.45, 2.75) is 58.6 Å². The Kier molecular flexibility index (Phi) is 6.34. The minimum absolute atomic E-state index is 0.0735. The summed E-state index contributed by atoms with van der Waals surface area (Å²) in [6.07, 6.45) is 6.07. The van der Waals surface area contributed by atoms with Gasteiger partial charge in [-0.2, -0.15) is 0 Å². The molecule has 0 aromatic carbocycles. The molecule has 0 aromatic heterocycles. The lowest BCUT2D eigenvalue weighted by Crippen LogP contribution is -2.33. The third kappa shape index (κ3) is 8.32. The summed E-state index contributed by atoms with van der Waals surface area (Å²) in [5.74, 6) is 1.87. The summed E-state index contributed by atoms with van der Waals surface area (Å²) in [6.45, 7) is 7.25. The van der Waals surface area contributed by atoms with E-state index in [1.54, 1.807) is 20.8 Å². The van der Waals surface area contributed by atoms with E-state index in [2.05, 4.69) is 11.2 Å². The average Bonchev–Trinajstić information content (AvgIpc) is 2.20. The number of terminal acetylenes is 1. The van der Waals surface area contributed by atoms with Gasteiger partial charge in [0.15, 0.2) is 0 Å². The number of carbonyl (C=O) groups is 2. The maximum atomic E-state index is 11.4. The van der Waals surface area contributed by atoms with Crippen LogP contribution in [-0.4, -0.2) is 23.5 Å². The zero-order valence-electron chi connectivity index (χ0n) is 11.0. The minimum Gasteiger partial charge on any atom is -0.460 e. The number of hydrogen-bond acceptors (Lipinski definition) is 3. The molecular formula is C13H21NO3. The highest BCUT2D eigenvalue weighted by molar-refractivity contribution is 5.81. The number of ether oxygens (including phenoxy) is 1. The second-order valence-electron chi connectivity index (χ2n) is 4.78. The van der Waals surface area contributed by atoms with Gasteiger partial charge in [0.2, 0.25) is 5.91 Å². The molecule has 0 aliphatic rings. The van der Waals surface area contributed by atoms with Crippen LogP contribution < -0.4 is 5.32 Å². The van der Waals surface area contributed by atoms with Gasteiger partial charge in [0.25, 0.3) is 0 Å². The van der Waals surface area contributed by atoms with Crippen LogP contribution in [0.2, 0.25) is 0 Å². The first-order chi connectivity index (χ1) is 7.78. The van der Waals surface area contributed by atoms with E-state index in [-0.39, 0.29) is 30.8 Å². The number of hydrogen-bond donors (Lipinski definition) is 1. The van der Waals surface area contributed by atoms with Crippen molar-refractivity contribution in [2.24, 2.45) is 0 Å². The molecule has 0 aliphatic carbocycles. The lowest BCUT2D eigenvalue weighted by atomic mass is 10.2. The van der Waals surface area contributed by atoms with Gasteiger partial charge < -0.3 is 10.1 Å². The Balaban J connectivity index is 3.93. The Morgan fingerprint density at radius 1 is 1.35 bits per heavy atom. The highest BCUT2D eigenvalue weighted by atomic mass is 16.6. The number of amides is 1. The molecule has 0 heterocycles. The molecule has 0 aromatic rings. The Hall–Kier alpha value is -1.50. The Labute approximate surface area is 103 Å². The normalized spacial score (nSPS) is 12.4. The summed E-state index contributed by atoms with van der Waals surface area (Å²) < 4.78 is 5.09. The van der Waals surface area contributed by atoms with E-state index in [1.807, 2.05) is 6.92 Å². The van der Waals surface area contributed by atoms with E-state index < -0.39 is 5.60 Å². The number of esters is 1. The van der Waals surface area contributed by atoms with E-state index in [9.17, 15) is 9.59 Å². The van der Waals surface area contributed by atoms with Gasteiger partial charge >= 0.3 is 5.97 Å². The zero-order valence-corrected chi connectivity index (χ0v) is 11.0. The van der Waals surface area contributed by atoms with E-state index in [0.717, 1.165) is 0 Å². The second kappa shape index (κ2) is 6.95. The molecule has 1 atom stereocenters. The molecule has 96 valence electrons. The summed E-state index contributed by atoms with van der Waals surface area (Å²) in [6, 6.07) is -0.263. The van der Waals surface area contributed by atoms with Crippen LogP contribution in [-0.2, 0) is 14.3 Å². The maximum Gasteiger partial charge on any atom is 0.306 e. The molecule has 1 amide bonds. The predicted molar refractivity (Wildman–Crippen MR) is 66.1 cm³/mol. The maximum absolute atomic E-state index is 11.4. The standard InChI is InChI=1S/C13H21NO3/c1-6-10(7-2)14-11(15)8-9-12(16)17-13(3,4)5/h1,10H,7-9H2,2-5H3,(H,14,15). The van der Waals surface area contributed by atoms with Gasteiger partial charge in [0.05, 0.1) is 12.5 Å². The molecule has 0 radical (unpaired) electrons. The van der Waals surface area contributed by atoms with Crippen LogP contribution in [0.15, 0.2) is 0 Å². The lowest BCUT2D eigenvalue weighted by Gasteiger charge is -2.19. The lowest BCUT2D eigenvalue weighted by molar-refractivity contribution is -0.155. The summed E-state index contributed by atoms with van der Waals surface area (Å²) in [4.78, 5) is 22.8. The Morgan fingerprint density at radius 3 is 2.35 bits per heavy atom. The monoisotopic (exact) mass is 239 g/mol. The molecule has 17 heavy (non-hydrogen) atoms. The van der Waals surface area contributed by atoms with E-state index in [1.165, 1.54) is 0 Å². The summed E-state index contributed by atoms with van der Waals surface area (Å²) in [7, 11) is 0. The largest absolute Gasteiger partial charge is 0.460 e. The number of nitrogens with one attached hydrogen (secondary N) is 1. The summed E-state index contributed by atoms with van der Waals surface area (Å²) >= 11 is 0. The molecule has 0 saturated heterocycles. The van der Waals surface area contributed by atoms with Crippen LogP contribution in [0.3, 0.4) is 0 Å². The molecule has 1 N–H and O–H groups in total. The van der Waals surface area contributed by atoms with Crippen molar-refractivity contribution in [3.63, 3.8) is 0 Å². The molecule has 1 unspecified atom stereocenters. The smallest absolute Gasteiger partial charge is 0.306 e. The zero-order chi connectivity index (χ0) is 13.5. The van der Waals surface area contributed by atoms with Crippen LogP contribution in [0.4, 0.5) is 0 Å². The van der Waals surface area contributed by atoms with Gasteiger partial charge in [-0.1, -0.05) is 12.8 Å². The topological polar surface area (TPSA) is 55.4 Å². The van der Waals surface area contributed by atoms with E-state index >= 15 is 0 Å². The first-order valence-corrected chi connectivity index (χ1v) is 5.75. The third-order valence-electron chi connectivity index (χ3n) is 1.92. The second-order valence-corrected chi connectivity index (χ2v) is 4.78. The van der Waals surface area contributed by atoms with Crippen LogP contribution in [0.5, 0.6) is 0 Å². The quantitative estimate of drug-likeness (QED) is 0.586. The van der Waals surface area contributed by atoms with Gasteiger partial charge in [-0.25, -0.2) is 0 Å². The fraction of sp³-hybridized carbons (Fsp3) is 0.692. The first kappa shape index (κ1) is 15.5.